The standard InChI is InChI=1S/C16H19N3O3S/c1-18-8-11(6-7-15(18)21)17-14(20)9-19-12-4-2-3-5-13(12)23-10-16(19)22/h2-5,11H,6-10H2,1H3,(H,17,20)/t11-/m0/s1. The van der Waals surface area contributed by atoms with Crippen LogP contribution in [0.4, 0.5) is 5.69 Å². The Balaban J connectivity index is 1.64. The van der Waals surface area contributed by atoms with E-state index in [1.807, 2.05) is 24.3 Å². The quantitative estimate of drug-likeness (QED) is 0.891. The molecule has 0 saturated carbocycles. The van der Waals surface area contributed by atoms with Crippen LogP contribution in [0.15, 0.2) is 29.2 Å². The van der Waals surface area contributed by atoms with Gasteiger partial charge in [-0.3, -0.25) is 14.4 Å². The first-order valence-corrected chi connectivity index (χ1v) is 8.58. The lowest BCUT2D eigenvalue weighted by Crippen LogP contribution is -2.51. The van der Waals surface area contributed by atoms with E-state index in [9.17, 15) is 14.4 Å². The molecular weight excluding hydrogens is 314 g/mol. The number of thioether (sulfide) groups is 1. The van der Waals surface area contributed by atoms with Crippen LogP contribution in [0.25, 0.3) is 0 Å². The van der Waals surface area contributed by atoms with Crippen LogP contribution in [-0.4, -0.2) is 54.6 Å². The zero-order valence-corrected chi connectivity index (χ0v) is 13.8. The fraction of sp³-hybridized carbons (Fsp3) is 0.438. The smallest absolute Gasteiger partial charge is 0.240 e. The summed E-state index contributed by atoms with van der Waals surface area (Å²) in [5.74, 6) is 0.213. The molecule has 23 heavy (non-hydrogen) atoms. The summed E-state index contributed by atoms with van der Waals surface area (Å²) in [7, 11) is 1.74. The van der Waals surface area contributed by atoms with Crippen molar-refractivity contribution in [3.05, 3.63) is 24.3 Å². The molecule has 122 valence electrons. The molecule has 0 radical (unpaired) electrons. The molecule has 6 nitrogen and oxygen atoms in total. The van der Waals surface area contributed by atoms with Crippen molar-refractivity contribution < 1.29 is 14.4 Å². The summed E-state index contributed by atoms with van der Waals surface area (Å²) in [5, 5.41) is 2.93. The number of likely N-dealkylation sites (tertiary alicyclic amines) is 1. The largest absolute Gasteiger partial charge is 0.350 e. The first-order chi connectivity index (χ1) is 11.0. The minimum absolute atomic E-state index is 0.0184. The van der Waals surface area contributed by atoms with E-state index in [1.165, 1.54) is 11.8 Å². The molecule has 7 heteroatoms. The maximum Gasteiger partial charge on any atom is 0.240 e. The molecule has 0 unspecified atom stereocenters. The second kappa shape index (κ2) is 6.62. The predicted molar refractivity (Wildman–Crippen MR) is 88.3 cm³/mol. The Kier molecular flexibility index (Phi) is 4.56. The third-order valence-corrected chi connectivity index (χ3v) is 5.15. The molecule has 1 atom stereocenters. The normalized spacial score (nSPS) is 21.2. The highest BCUT2D eigenvalue weighted by Crippen LogP contribution is 2.34. The van der Waals surface area contributed by atoms with Gasteiger partial charge in [-0.1, -0.05) is 12.1 Å². The number of carbonyl (C=O) groups excluding carboxylic acids is 3. The highest BCUT2D eigenvalue weighted by molar-refractivity contribution is 8.00. The Hall–Kier alpha value is -2.02. The van der Waals surface area contributed by atoms with Gasteiger partial charge < -0.3 is 15.1 Å². The summed E-state index contributed by atoms with van der Waals surface area (Å²) in [6.45, 7) is 0.537. The summed E-state index contributed by atoms with van der Waals surface area (Å²) in [6, 6.07) is 7.56. The van der Waals surface area contributed by atoms with Gasteiger partial charge in [0.15, 0.2) is 0 Å². The van der Waals surface area contributed by atoms with Crippen LogP contribution in [-0.2, 0) is 14.4 Å². The van der Waals surface area contributed by atoms with Crippen LogP contribution in [0.3, 0.4) is 0 Å². The van der Waals surface area contributed by atoms with Crippen molar-refractivity contribution >= 4 is 35.2 Å². The number of para-hydroxylation sites is 1. The van der Waals surface area contributed by atoms with Gasteiger partial charge in [-0.15, -0.1) is 11.8 Å². The second-order valence-corrected chi connectivity index (χ2v) is 6.83. The number of likely N-dealkylation sites (N-methyl/N-ethyl adjacent to an activating group) is 1. The van der Waals surface area contributed by atoms with E-state index in [4.69, 9.17) is 0 Å². The minimum atomic E-state index is -0.187. The number of amides is 3. The molecule has 1 saturated heterocycles. The molecule has 2 aliphatic rings. The molecule has 3 amide bonds. The molecule has 1 N–H and O–H groups in total. The predicted octanol–water partition coefficient (Wildman–Crippen LogP) is 0.862. The topological polar surface area (TPSA) is 69.7 Å². The molecule has 1 aromatic rings. The van der Waals surface area contributed by atoms with Crippen LogP contribution < -0.4 is 10.2 Å². The molecule has 0 aliphatic carbocycles. The molecule has 3 rings (SSSR count). The molecule has 2 heterocycles. The van der Waals surface area contributed by atoms with E-state index in [0.717, 1.165) is 10.6 Å². The number of nitrogens with one attached hydrogen (secondary N) is 1. The van der Waals surface area contributed by atoms with E-state index in [2.05, 4.69) is 5.32 Å². The fourth-order valence-electron chi connectivity index (χ4n) is 2.87. The lowest BCUT2D eigenvalue weighted by atomic mass is 10.1. The van der Waals surface area contributed by atoms with Gasteiger partial charge in [0.1, 0.15) is 6.54 Å². The third kappa shape index (κ3) is 3.50. The highest BCUT2D eigenvalue weighted by Gasteiger charge is 2.28. The molecule has 0 aromatic heterocycles. The first kappa shape index (κ1) is 15.9. The molecular formula is C16H19N3O3S. The maximum absolute atomic E-state index is 12.3. The van der Waals surface area contributed by atoms with Crippen molar-refractivity contribution in [2.45, 2.75) is 23.8 Å². The van der Waals surface area contributed by atoms with E-state index in [0.29, 0.717) is 25.1 Å². The van der Waals surface area contributed by atoms with Crippen molar-refractivity contribution in [1.82, 2.24) is 10.2 Å². The van der Waals surface area contributed by atoms with Crippen LogP contribution in [0.5, 0.6) is 0 Å². The second-order valence-electron chi connectivity index (χ2n) is 5.81. The average molecular weight is 333 g/mol. The van der Waals surface area contributed by atoms with Crippen LogP contribution in [0.1, 0.15) is 12.8 Å². The van der Waals surface area contributed by atoms with Gasteiger partial charge in [0.05, 0.1) is 11.4 Å². The van der Waals surface area contributed by atoms with Gasteiger partial charge in [0.25, 0.3) is 0 Å². The number of carbonyl (C=O) groups is 3. The summed E-state index contributed by atoms with van der Waals surface area (Å²) in [5.41, 5.74) is 0.792. The first-order valence-electron chi connectivity index (χ1n) is 7.60. The van der Waals surface area contributed by atoms with Crippen LogP contribution in [0.2, 0.25) is 0 Å². The third-order valence-electron chi connectivity index (χ3n) is 4.10. The number of piperidine rings is 1. The lowest BCUT2D eigenvalue weighted by molar-refractivity contribution is -0.133. The molecule has 1 aromatic carbocycles. The maximum atomic E-state index is 12.3. The number of hydrogen-bond acceptors (Lipinski definition) is 4. The Morgan fingerprint density at radius 2 is 2.09 bits per heavy atom. The van der Waals surface area contributed by atoms with Crippen molar-refractivity contribution in [3.63, 3.8) is 0 Å². The van der Waals surface area contributed by atoms with Gasteiger partial charge in [0, 0.05) is 31.0 Å². The highest BCUT2D eigenvalue weighted by atomic mass is 32.2. The van der Waals surface area contributed by atoms with E-state index in [-0.39, 0.29) is 30.3 Å². The monoisotopic (exact) mass is 333 g/mol. The summed E-state index contributed by atoms with van der Waals surface area (Å²) in [6.07, 6.45) is 1.10. The van der Waals surface area contributed by atoms with Gasteiger partial charge in [-0.25, -0.2) is 0 Å². The summed E-state index contributed by atoms with van der Waals surface area (Å²) in [4.78, 5) is 40.1. The molecule has 2 aliphatic heterocycles. The van der Waals surface area contributed by atoms with Gasteiger partial charge in [-0.05, 0) is 18.6 Å². The van der Waals surface area contributed by atoms with Crippen molar-refractivity contribution in [1.29, 1.82) is 0 Å². The van der Waals surface area contributed by atoms with Gasteiger partial charge in [0.2, 0.25) is 17.7 Å². The average Bonchev–Trinajstić information content (AvgIpc) is 2.54. The number of anilines is 1. The SMILES string of the molecule is CN1C[C@@H](NC(=O)CN2C(=O)CSc3ccccc32)CCC1=O. The van der Waals surface area contributed by atoms with E-state index >= 15 is 0 Å². The molecule has 0 spiro atoms. The van der Waals surface area contributed by atoms with Gasteiger partial charge >= 0.3 is 0 Å². The van der Waals surface area contributed by atoms with Crippen molar-refractivity contribution in [2.24, 2.45) is 0 Å². The zero-order valence-electron chi connectivity index (χ0n) is 12.9. The lowest BCUT2D eigenvalue weighted by Gasteiger charge is -2.32. The van der Waals surface area contributed by atoms with Crippen LogP contribution >= 0.6 is 11.8 Å². The number of fused-ring (bicyclic) bond motifs is 1. The summed E-state index contributed by atoms with van der Waals surface area (Å²) >= 11 is 1.50. The van der Waals surface area contributed by atoms with Crippen LogP contribution in [0, 0.1) is 0 Å². The van der Waals surface area contributed by atoms with Gasteiger partial charge in [-0.2, -0.15) is 0 Å². The number of hydrogen-bond donors (Lipinski definition) is 1. The van der Waals surface area contributed by atoms with Crippen molar-refractivity contribution in [3.8, 4) is 0 Å². The summed E-state index contributed by atoms with van der Waals surface area (Å²) < 4.78 is 0. The van der Waals surface area contributed by atoms with Crippen molar-refractivity contribution in [2.75, 3.05) is 30.8 Å². The number of benzene rings is 1. The Labute approximate surface area is 139 Å². The Morgan fingerprint density at radius 1 is 1.30 bits per heavy atom. The Bertz CT molecular complexity index is 649. The van der Waals surface area contributed by atoms with E-state index < -0.39 is 0 Å². The molecule has 1 fully saturated rings. The Morgan fingerprint density at radius 3 is 2.87 bits per heavy atom. The number of nitrogens with zero attached hydrogens (tertiary/aromatic N) is 2. The fourth-order valence-corrected chi connectivity index (χ4v) is 3.81. The zero-order chi connectivity index (χ0) is 16.4. The number of rotatable bonds is 3. The van der Waals surface area contributed by atoms with E-state index in [1.54, 1.807) is 16.8 Å². The minimum Gasteiger partial charge on any atom is -0.350 e. The molecule has 0 bridgehead atoms.